The van der Waals surface area contributed by atoms with Gasteiger partial charge in [-0.1, -0.05) is 12.5 Å². The number of carbonyl (C=O) groups excluding carboxylic acids is 5. The zero-order chi connectivity index (χ0) is 34.1. The summed E-state index contributed by atoms with van der Waals surface area (Å²) in [6.07, 6.45) is -0.669. The number of fused-ring (bicyclic) bond motifs is 1. The largest absolute Gasteiger partial charge is 0.490 e. The number of aliphatic carboxylic acids is 1. The van der Waals surface area contributed by atoms with E-state index < -0.39 is 29.7 Å². The molecule has 0 bridgehead atoms. The molecule has 1 fully saturated rings. The number of carboxylic acid groups (broad SMARTS) is 1. The van der Waals surface area contributed by atoms with Crippen LogP contribution in [0.2, 0.25) is 0 Å². The number of unbranched alkanes of at least 4 members (excludes halogenated alkanes) is 2. The first-order valence-electron chi connectivity index (χ1n) is 13.8. The standard InChI is InChI=1S/C27H30N6O6.C2HF3O2/c28-26(29)30-12-3-1-2-4-17-5-10-21-20(14-17)24(37)31-15-22(36)33(21)18-6-8-19(9-7-18)39-25(38)23-27(16-35,32-23)11-13-34;3-2(4,5)1(6)7/h5-10,13-14,16,23,32H,1-4,11-12,15H2,(H,31,37)(H4,28,29,30);(H,6,7). The number of nitrogens with one attached hydrogen (secondary N) is 4. The average Bonchev–Trinajstić information content (AvgIpc) is 3.75. The third kappa shape index (κ3) is 9.10. The van der Waals surface area contributed by atoms with E-state index in [0.717, 1.165) is 31.2 Å². The van der Waals surface area contributed by atoms with Crippen LogP contribution in [0.25, 0.3) is 0 Å². The minimum atomic E-state index is -5.08. The summed E-state index contributed by atoms with van der Waals surface area (Å²) in [5.74, 6) is -3.96. The first-order valence-corrected chi connectivity index (χ1v) is 13.8. The van der Waals surface area contributed by atoms with E-state index in [9.17, 15) is 37.1 Å². The molecule has 0 aromatic heterocycles. The second-order valence-electron chi connectivity index (χ2n) is 10.2. The van der Waals surface area contributed by atoms with Gasteiger partial charge >= 0.3 is 18.1 Å². The number of amides is 2. The van der Waals surface area contributed by atoms with Gasteiger partial charge in [0.15, 0.2) is 5.96 Å². The lowest BCUT2D eigenvalue weighted by Gasteiger charge is -2.23. The molecule has 17 heteroatoms. The molecule has 2 unspecified atom stereocenters. The smallest absolute Gasteiger partial charge is 0.475 e. The lowest BCUT2D eigenvalue weighted by molar-refractivity contribution is -0.192. The maximum absolute atomic E-state index is 13.0. The van der Waals surface area contributed by atoms with E-state index in [2.05, 4.69) is 16.0 Å². The fourth-order valence-corrected chi connectivity index (χ4v) is 4.52. The van der Waals surface area contributed by atoms with Crippen molar-refractivity contribution in [2.45, 2.75) is 49.9 Å². The number of carbonyl (C=O) groups is 6. The van der Waals surface area contributed by atoms with E-state index in [1.54, 1.807) is 24.3 Å². The van der Waals surface area contributed by atoms with Crippen LogP contribution in [0, 0.1) is 5.41 Å². The number of guanidine groups is 1. The monoisotopic (exact) mass is 648 g/mol. The summed E-state index contributed by atoms with van der Waals surface area (Å²) >= 11 is 0. The molecule has 7 N–H and O–H groups in total. The second-order valence-corrected chi connectivity index (χ2v) is 10.2. The minimum absolute atomic E-state index is 0.0474. The Morgan fingerprint density at radius 2 is 1.80 bits per heavy atom. The van der Waals surface area contributed by atoms with Gasteiger partial charge in [0.1, 0.15) is 29.9 Å². The van der Waals surface area contributed by atoms with E-state index in [0.29, 0.717) is 36.1 Å². The predicted octanol–water partition coefficient (Wildman–Crippen LogP) is 1.33. The van der Waals surface area contributed by atoms with Gasteiger partial charge in [0.05, 0.1) is 17.8 Å². The Hall–Kier alpha value is -5.32. The number of esters is 1. The van der Waals surface area contributed by atoms with Gasteiger partial charge in [-0.2, -0.15) is 13.2 Å². The van der Waals surface area contributed by atoms with E-state index in [4.69, 9.17) is 25.8 Å². The lowest BCUT2D eigenvalue weighted by Crippen LogP contribution is -2.33. The molecule has 2 aromatic rings. The maximum atomic E-state index is 13.0. The lowest BCUT2D eigenvalue weighted by atomic mass is 10.0. The Bertz CT molecular complexity index is 1500. The van der Waals surface area contributed by atoms with E-state index in [1.165, 1.54) is 17.0 Å². The molecule has 4 rings (SSSR count). The number of alkyl halides is 3. The summed E-state index contributed by atoms with van der Waals surface area (Å²) in [6, 6.07) is 10.8. The maximum Gasteiger partial charge on any atom is 0.490 e. The number of nitrogens with zero attached hydrogens (tertiary/aromatic N) is 1. The molecule has 1 saturated heterocycles. The highest BCUT2D eigenvalue weighted by Crippen LogP contribution is 2.34. The van der Waals surface area contributed by atoms with Crippen LogP contribution in [0.3, 0.4) is 0 Å². The highest BCUT2D eigenvalue weighted by Gasteiger charge is 2.59. The van der Waals surface area contributed by atoms with Crippen molar-refractivity contribution in [1.29, 1.82) is 5.41 Å². The molecule has 0 spiro atoms. The normalized spacial score (nSPS) is 18.5. The first kappa shape index (κ1) is 35.2. The van der Waals surface area contributed by atoms with Crippen LogP contribution >= 0.6 is 0 Å². The van der Waals surface area contributed by atoms with Crippen molar-refractivity contribution in [1.82, 2.24) is 16.0 Å². The number of rotatable bonds is 12. The van der Waals surface area contributed by atoms with Gasteiger partial charge in [-0.05, 0) is 61.2 Å². The number of nitrogens with two attached hydrogens (primary N) is 1. The molecule has 2 heterocycles. The van der Waals surface area contributed by atoms with E-state index in [1.807, 2.05) is 6.07 Å². The predicted molar refractivity (Wildman–Crippen MR) is 156 cm³/mol. The third-order valence-electron chi connectivity index (χ3n) is 6.92. The number of carboxylic acids is 1. The zero-order valence-electron chi connectivity index (χ0n) is 24.2. The summed E-state index contributed by atoms with van der Waals surface area (Å²) < 4.78 is 37.1. The Morgan fingerprint density at radius 1 is 1.13 bits per heavy atom. The quantitative estimate of drug-likeness (QED) is 0.0366. The highest BCUT2D eigenvalue weighted by atomic mass is 19.4. The van der Waals surface area contributed by atoms with Gasteiger partial charge in [0.2, 0.25) is 0 Å². The number of hydrogen-bond acceptors (Lipinski definition) is 9. The number of hydrogen-bond donors (Lipinski definition) is 6. The van der Waals surface area contributed by atoms with Gasteiger partial charge in [0.25, 0.3) is 11.8 Å². The van der Waals surface area contributed by atoms with Crippen LogP contribution < -0.4 is 31.3 Å². The summed E-state index contributed by atoms with van der Waals surface area (Å²) in [7, 11) is 0. The molecule has 0 radical (unpaired) electrons. The molecule has 2 amide bonds. The molecule has 0 saturated carbocycles. The molecule has 46 heavy (non-hydrogen) atoms. The fraction of sp³-hybridized carbons (Fsp3) is 0.345. The van der Waals surface area contributed by atoms with Crippen LogP contribution in [0.1, 0.15) is 41.6 Å². The molecular formula is C29H31F3N6O8. The Balaban J connectivity index is 0.000000738. The Morgan fingerprint density at radius 3 is 2.39 bits per heavy atom. The molecular weight excluding hydrogens is 617 g/mol. The first-order chi connectivity index (χ1) is 21.7. The number of aryl methyl sites for hydroxylation is 1. The van der Waals surface area contributed by atoms with Crippen molar-refractivity contribution in [2.75, 3.05) is 18.0 Å². The van der Waals surface area contributed by atoms with Crippen molar-refractivity contribution >= 4 is 53.7 Å². The van der Waals surface area contributed by atoms with Gasteiger partial charge < -0.3 is 35.8 Å². The fourth-order valence-electron chi connectivity index (χ4n) is 4.52. The van der Waals surface area contributed by atoms with Gasteiger partial charge in [-0.3, -0.25) is 25.2 Å². The molecule has 2 aliphatic rings. The van der Waals surface area contributed by atoms with Crippen molar-refractivity contribution in [2.24, 2.45) is 5.73 Å². The summed E-state index contributed by atoms with van der Waals surface area (Å²) in [6.45, 7) is 0.453. The van der Waals surface area contributed by atoms with Crippen LogP contribution in [0.15, 0.2) is 42.5 Å². The Labute approximate surface area is 259 Å². The SMILES string of the molecule is N=C(N)NCCCCCc1ccc2c(c1)C(=O)NCC(=O)N2c1ccc(OC(=O)C2NC2(C=O)CC=O)cc1.O=C(O)C(F)(F)F. The van der Waals surface area contributed by atoms with E-state index in [-0.39, 0.29) is 36.5 Å². The molecule has 0 aliphatic carbocycles. The molecule has 2 aromatic carbocycles. The van der Waals surface area contributed by atoms with Crippen molar-refractivity contribution in [3.8, 4) is 5.75 Å². The van der Waals surface area contributed by atoms with Gasteiger partial charge in [-0.15, -0.1) is 0 Å². The molecule has 14 nitrogen and oxygen atoms in total. The van der Waals surface area contributed by atoms with Crippen LogP contribution in [-0.4, -0.2) is 78.2 Å². The Kier molecular flexibility index (Phi) is 11.6. The second kappa shape index (κ2) is 15.1. The van der Waals surface area contributed by atoms with Gasteiger partial charge in [-0.25, -0.2) is 9.59 Å². The minimum Gasteiger partial charge on any atom is -0.475 e. The summed E-state index contributed by atoms with van der Waals surface area (Å²) in [4.78, 5) is 70.6. The number of anilines is 2. The van der Waals surface area contributed by atoms with Crippen LogP contribution in [0.5, 0.6) is 5.75 Å². The molecule has 2 aliphatic heterocycles. The topological polar surface area (TPSA) is 231 Å². The van der Waals surface area contributed by atoms with E-state index >= 15 is 0 Å². The number of ether oxygens (including phenoxy) is 1. The molecule has 246 valence electrons. The van der Waals surface area contributed by atoms with Crippen molar-refractivity contribution < 1.29 is 51.8 Å². The number of aldehydes is 2. The third-order valence-corrected chi connectivity index (χ3v) is 6.92. The zero-order valence-corrected chi connectivity index (χ0v) is 24.2. The number of benzene rings is 2. The van der Waals surface area contributed by atoms with Crippen LogP contribution in [0.4, 0.5) is 24.5 Å². The number of halogens is 3. The van der Waals surface area contributed by atoms with Crippen molar-refractivity contribution in [3.63, 3.8) is 0 Å². The average molecular weight is 649 g/mol. The van der Waals surface area contributed by atoms with Gasteiger partial charge in [0, 0.05) is 18.7 Å². The van der Waals surface area contributed by atoms with Crippen LogP contribution in [-0.2, 0) is 30.4 Å². The summed E-state index contributed by atoms with van der Waals surface area (Å²) in [5, 5.41) is 22.4. The highest BCUT2D eigenvalue weighted by molar-refractivity contribution is 6.13. The molecule has 2 atom stereocenters. The summed E-state index contributed by atoms with van der Waals surface area (Å²) in [5.41, 5.74) is 6.34. The van der Waals surface area contributed by atoms with Crippen molar-refractivity contribution in [3.05, 3.63) is 53.6 Å².